The van der Waals surface area contributed by atoms with E-state index in [1.165, 1.54) is 12.8 Å². The lowest BCUT2D eigenvalue weighted by atomic mass is 9.93. The van der Waals surface area contributed by atoms with Gasteiger partial charge in [0.15, 0.2) is 0 Å². The Balaban J connectivity index is 1.67. The largest absolute Gasteiger partial charge is 0.339 e. The number of nitrogens with one attached hydrogen (secondary N) is 1. The molecule has 32 heavy (non-hydrogen) atoms. The van der Waals surface area contributed by atoms with Crippen molar-refractivity contribution in [3.63, 3.8) is 0 Å². The number of likely N-dealkylation sites (tertiary alicyclic amines) is 1. The number of aromatic nitrogens is 1. The summed E-state index contributed by atoms with van der Waals surface area (Å²) in [6.07, 6.45) is 2.50. The molecule has 1 N–H and O–H groups in total. The van der Waals surface area contributed by atoms with Crippen molar-refractivity contribution in [3.8, 4) is 11.1 Å². The molecule has 2 amide bonds. The molecule has 0 saturated carbocycles. The molecule has 0 spiro atoms. The fraction of sp³-hybridized carbons (Fsp3) is 0.231. The molecule has 3 aromatic carbocycles. The van der Waals surface area contributed by atoms with E-state index < -0.39 is 0 Å². The van der Waals surface area contributed by atoms with E-state index in [0.717, 1.165) is 53.5 Å². The lowest BCUT2D eigenvalue weighted by molar-refractivity contribution is 0.0880. The maximum Gasteiger partial charge on any atom is 0.259 e. The van der Waals surface area contributed by atoms with Crippen LogP contribution in [0.25, 0.3) is 32.9 Å². The molecule has 1 fully saturated rings. The van der Waals surface area contributed by atoms with Crippen LogP contribution in [-0.2, 0) is 6.54 Å². The van der Waals surface area contributed by atoms with E-state index in [2.05, 4.69) is 20.9 Å². The zero-order valence-electron chi connectivity index (χ0n) is 17.5. The van der Waals surface area contributed by atoms with E-state index in [1.807, 2.05) is 48.5 Å². The van der Waals surface area contributed by atoms with Gasteiger partial charge in [0.05, 0.1) is 16.6 Å². The first-order chi connectivity index (χ1) is 15.6. The number of amides is 2. The summed E-state index contributed by atoms with van der Waals surface area (Å²) in [5.41, 5.74) is 4.37. The summed E-state index contributed by atoms with van der Waals surface area (Å²) in [4.78, 5) is 28.4. The predicted molar refractivity (Wildman–Crippen MR) is 127 cm³/mol. The van der Waals surface area contributed by atoms with Crippen LogP contribution in [-0.4, -0.2) is 40.9 Å². The number of carbonyl (C=O) groups is 2. The smallest absolute Gasteiger partial charge is 0.259 e. The molecular formula is C26H22ClN3O2. The number of para-hydroxylation sites is 1. The summed E-state index contributed by atoms with van der Waals surface area (Å²) in [7, 11) is 0. The topological polar surface area (TPSA) is 54.3 Å². The van der Waals surface area contributed by atoms with Crippen LogP contribution in [0.2, 0.25) is 5.02 Å². The second-order valence-corrected chi connectivity index (χ2v) is 8.96. The molecule has 0 radical (unpaired) electrons. The highest BCUT2D eigenvalue weighted by atomic mass is 35.5. The molecule has 0 unspecified atom stereocenters. The molecule has 6 rings (SSSR count). The lowest BCUT2D eigenvalue weighted by Gasteiger charge is -2.17. The molecule has 1 aromatic heterocycles. The lowest BCUT2D eigenvalue weighted by Crippen LogP contribution is -2.24. The van der Waals surface area contributed by atoms with E-state index in [0.29, 0.717) is 21.7 Å². The maximum atomic E-state index is 13.0. The standard InChI is InChI=1S/C26H22ClN3O2/c27-19-9-3-1-7-16(19)18-15-21-22(24-23(18)25(31)28-26(24)32)17-8-2-4-10-20(17)30(21)14-13-29-11-5-6-12-29/h1-4,7-10,15H,5-6,11-14H2,(H,28,31,32). The maximum absolute atomic E-state index is 13.0. The van der Waals surface area contributed by atoms with Gasteiger partial charge in [-0.3, -0.25) is 14.9 Å². The van der Waals surface area contributed by atoms with Crippen LogP contribution in [0.3, 0.4) is 0 Å². The second-order valence-electron chi connectivity index (χ2n) is 8.55. The van der Waals surface area contributed by atoms with Gasteiger partial charge in [-0.2, -0.15) is 0 Å². The van der Waals surface area contributed by atoms with Crippen molar-refractivity contribution in [1.82, 2.24) is 14.8 Å². The van der Waals surface area contributed by atoms with Crippen molar-refractivity contribution in [1.29, 1.82) is 0 Å². The van der Waals surface area contributed by atoms with Crippen molar-refractivity contribution in [2.24, 2.45) is 0 Å². The van der Waals surface area contributed by atoms with Gasteiger partial charge in [-0.25, -0.2) is 0 Å². The average molecular weight is 444 g/mol. The molecule has 2 aliphatic rings. The average Bonchev–Trinajstić information content (AvgIpc) is 3.49. The van der Waals surface area contributed by atoms with E-state index in [4.69, 9.17) is 11.6 Å². The van der Waals surface area contributed by atoms with E-state index >= 15 is 0 Å². The molecule has 0 atom stereocenters. The van der Waals surface area contributed by atoms with Gasteiger partial charge in [0.25, 0.3) is 11.8 Å². The fourth-order valence-corrected chi connectivity index (χ4v) is 5.51. The molecule has 0 aliphatic carbocycles. The van der Waals surface area contributed by atoms with Gasteiger partial charge in [-0.15, -0.1) is 0 Å². The van der Waals surface area contributed by atoms with Gasteiger partial charge in [-0.1, -0.05) is 48.0 Å². The summed E-state index contributed by atoms with van der Waals surface area (Å²) in [5.74, 6) is -0.706. The van der Waals surface area contributed by atoms with Crippen molar-refractivity contribution < 1.29 is 9.59 Å². The minimum absolute atomic E-state index is 0.341. The highest BCUT2D eigenvalue weighted by Gasteiger charge is 2.34. The summed E-state index contributed by atoms with van der Waals surface area (Å²) in [6, 6.07) is 17.6. The molecule has 2 aliphatic heterocycles. The Morgan fingerprint density at radius 3 is 2.34 bits per heavy atom. The third-order valence-corrected chi connectivity index (χ3v) is 7.07. The second kappa shape index (κ2) is 7.47. The first kappa shape index (κ1) is 19.5. The monoisotopic (exact) mass is 443 g/mol. The minimum atomic E-state index is -0.365. The van der Waals surface area contributed by atoms with Crippen molar-refractivity contribution in [2.75, 3.05) is 19.6 Å². The number of hydrogen-bond donors (Lipinski definition) is 1. The van der Waals surface area contributed by atoms with E-state index in [-0.39, 0.29) is 11.8 Å². The van der Waals surface area contributed by atoms with Crippen LogP contribution in [0, 0.1) is 0 Å². The summed E-state index contributed by atoms with van der Waals surface area (Å²) >= 11 is 6.53. The first-order valence-electron chi connectivity index (χ1n) is 11.0. The highest BCUT2D eigenvalue weighted by Crippen LogP contribution is 2.41. The van der Waals surface area contributed by atoms with Gasteiger partial charge in [-0.05, 0) is 49.7 Å². The summed E-state index contributed by atoms with van der Waals surface area (Å²) < 4.78 is 2.29. The van der Waals surface area contributed by atoms with Crippen LogP contribution in [0.15, 0.2) is 54.6 Å². The molecule has 5 nitrogen and oxygen atoms in total. The number of nitrogens with zero attached hydrogens (tertiary/aromatic N) is 2. The number of rotatable bonds is 4. The van der Waals surface area contributed by atoms with Gasteiger partial charge < -0.3 is 9.47 Å². The Morgan fingerprint density at radius 1 is 0.812 bits per heavy atom. The van der Waals surface area contributed by atoms with Crippen molar-refractivity contribution in [3.05, 3.63) is 70.7 Å². The van der Waals surface area contributed by atoms with E-state index in [9.17, 15) is 9.59 Å². The number of fused-ring (bicyclic) bond motifs is 5. The van der Waals surface area contributed by atoms with Crippen LogP contribution in [0.4, 0.5) is 0 Å². The van der Waals surface area contributed by atoms with Gasteiger partial charge in [0.1, 0.15) is 0 Å². The summed E-state index contributed by atoms with van der Waals surface area (Å²) in [6.45, 7) is 4.04. The van der Waals surface area contributed by atoms with Gasteiger partial charge in [0.2, 0.25) is 0 Å². The summed E-state index contributed by atoms with van der Waals surface area (Å²) in [5, 5.41) is 4.91. The predicted octanol–water partition coefficient (Wildman–Crippen LogP) is 5.09. The van der Waals surface area contributed by atoms with E-state index in [1.54, 1.807) is 0 Å². The van der Waals surface area contributed by atoms with Gasteiger partial charge in [0, 0.05) is 40.0 Å². The Hall–Kier alpha value is -3.15. The van der Waals surface area contributed by atoms with Crippen molar-refractivity contribution in [2.45, 2.75) is 19.4 Å². The number of benzene rings is 3. The van der Waals surface area contributed by atoms with Crippen LogP contribution in [0.1, 0.15) is 33.6 Å². The molecule has 3 heterocycles. The number of imide groups is 1. The zero-order chi connectivity index (χ0) is 21.8. The minimum Gasteiger partial charge on any atom is -0.339 e. The third-order valence-electron chi connectivity index (χ3n) is 6.75. The first-order valence-corrected chi connectivity index (χ1v) is 11.4. The van der Waals surface area contributed by atoms with Crippen LogP contribution >= 0.6 is 11.6 Å². The number of carbonyl (C=O) groups excluding carboxylic acids is 2. The number of halogens is 1. The highest BCUT2D eigenvalue weighted by molar-refractivity contribution is 6.36. The number of hydrogen-bond acceptors (Lipinski definition) is 3. The SMILES string of the molecule is O=C1NC(=O)c2c1c(-c1ccccc1Cl)cc1c2c2ccccc2n1CCN1CCCC1. The van der Waals surface area contributed by atoms with Crippen LogP contribution in [0.5, 0.6) is 0 Å². The quantitative estimate of drug-likeness (QED) is 0.447. The molecule has 0 bridgehead atoms. The fourth-order valence-electron chi connectivity index (χ4n) is 5.28. The van der Waals surface area contributed by atoms with Crippen LogP contribution < -0.4 is 5.32 Å². The molecule has 160 valence electrons. The Labute approximate surface area is 190 Å². The van der Waals surface area contributed by atoms with Gasteiger partial charge >= 0.3 is 0 Å². The Morgan fingerprint density at radius 2 is 1.53 bits per heavy atom. The molecular weight excluding hydrogens is 422 g/mol. The Kier molecular flexibility index (Phi) is 4.56. The molecule has 4 aromatic rings. The zero-order valence-corrected chi connectivity index (χ0v) is 18.3. The third kappa shape index (κ3) is 2.89. The Bertz CT molecular complexity index is 1420. The van der Waals surface area contributed by atoms with Crippen molar-refractivity contribution >= 4 is 45.2 Å². The molecule has 6 heteroatoms. The normalized spacial score (nSPS) is 16.3. The molecule has 1 saturated heterocycles.